The van der Waals surface area contributed by atoms with Crippen molar-refractivity contribution in [2.45, 2.75) is 39.7 Å². The molecular formula is C15H22BrN5. The molecule has 0 radical (unpaired) electrons. The highest BCUT2D eigenvalue weighted by molar-refractivity contribution is 9.10. The van der Waals surface area contributed by atoms with Gasteiger partial charge in [0.05, 0.1) is 21.9 Å². The van der Waals surface area contributed by atoms with Crippen LogP contribution in [0.3, 0.4) is 0 Å². The van der Waals surface area contributed by atoms with Gasteiger partial charge < -0.3 is 0 Å². The monoisotopic (exact) mass is 351 g/mol. The quantitative estimate of drug-likeness (QED) is 0.641. The Morgan fingerprint density at radius 2 is 2.10 bits per heavy atom. The van der Waals surface area contributed by atoms with E-state index in [1.54, 1.807) is 0 Å². The molecule has 0 amide bonds. The van der Waals surface area contributed by atoms with E-state index in [4.69, 9.17) is 5.84 Å². The van der Waals surface area contributed by atoms with E-state index in [2.05, 4.69) is 44.4 Å². The second-order valence-electron chi connectivity index (χ2n) is 5.24. The molecule has 0 saturated heterocycles. The van der Waals surface area contributed by atoms with Gasteiger partial charge in [0.25, 0.3) is 0 Å². The van der Waals surface area contributed by atoms with Crippen LogP contribution in [0.5, 0.6) is 0 Å². The van der Waals surface area contributed by atoms with Gasteiger partial charge in [-0.25, -0.2) is 0 Å². The molecule has 6 heteroatoms. The van der Waals surface area contributed by atoms with Gasteiger partial charge in [0, 0.05) is 24.9 Å². The molecule has 2 aromatic heterocycles. The molecule has 0 aliphatic carbocycles. The lowest BCUT2D eigenvalue weighted by Crippen LogP contribution is -2.31. The van der Waals surface area contributed by atoms with Crippen molar-refractivity contribution in [3.05, 3.63) is 44.9 Å². The topological polar surface area (TPSA) is 68.8 Å². The zero-order valence-electron chi connectivity index (χ0n) is 12.9. The van der Waals surface area contributed by atoms with Crippen molar-refractivity contribution in [1.82, 2.24) is 20.2 Å². The maximum atomic E-state index is 5.78. The van der Waals surface area contributed by atoms with Crippen LogP contribution in [-0.4, -0.2) is 14.8 Å². The van der Waals surface area contributed by atoms with E-state index in [1.807, 2.05) is 31.6 Å². The summed E-state index contributed by atoms with van der Waals surface area (Å²) >= 11 is 3.66. The van der Waals surface area contributed by atoms with Crippen LogP contribution in [0.1, 0.15) is 41.3 Å². The third-order valence-corrected chi connectivity index (χ3v) is 4.66. The van der Waals surface area contributed by atoms with Gasteiger partial charge in [0.1, 0.15) is 0 Å². The molecule has 0 fully saturated rings. The first-order valence-electron chi connectivity index (χ1n) is 7.08. The van der Waals surface area contributed by atoms with E-state index < -0.39 is 0 Å². The average molecular weight is 352 g/mol. The fourth-order valence-electron chi connectivity index (χ4n) is 2.56. The second-order valence-corrected chi connectivity index (χ2v) is 6.03. The number of rotatable bonds is 5. The molecule has 0 aromatic carbocycles. The minimum atomic E-state index is 0.00880. The van der Waals surface area contributed by atoms with E-state index in [-0.39, 0.29) is 6.04 Å². The van der Waals surface area contributed by atoms with Gasteiger partial charge in [0.15, 0.2) is 0 Å². The lowest BCUT2D eigenvalue weighted by atomic mass is 10.0. The number of nitrogens with zero attached hydrogens (tertiary/aromatic N) is 3. The Balaban J connectivity index is 2.33. The van der Waals surface area contributed by atoms with Crippen LogP contribution in [-0.2, 0) is 19.9 Å². The summed E-state index contributed by atoms with van der Waals surface area (Å²) in [5.74, 6) is 5.78. The van der Waals surface area contributed by atoms with E-state index in [1.165, 1.54) is 0 Å². The summed E-state index contributed by atoms with van der Waals surface area (Å²) < 4.78 is 3.00. The van der Waals surface area contributed by atoms with Crippen LogP contribution < -0.4 is 11.3 Å². The summed E-state index contributed by atoms with van der Waals surface area (Å²) in [6.07, 6.45) is 1.66. The zero-order valence-corrected chi connectivity index (χ0v) is 14.5. The maximum Gasteiger partial charge on any atom is 0.0766 e. The Kier molecular flexibility index (Phi) is 5.13. The van der Waals surface area contributed by atoms with Crippen LogP contribution >= 0.6 is 15.9 Å². The molecule has 2 rings (SSSR count). The smallest absolute Gasteiger partial charge is 0.0766 e. The molecular weight excluding hydrogens is 330 g/mol. The van der Waals surface area contributed by atoms with Gasteiger partial charge in [-0.3, -0.25) is 20.9 Å². The van der Waals surface area contributed by atoms with Crippen molar-refractivity contribution in [1.29, 1.82) is 0 Å². The van der Waals surface area contributed by atoms with Crippen molar-refractivity contribution in [2.75, 3.05) is 0 Å². The highest BCUT2D eigenvalue weighted by Crippen LogP contribution is 2.27. The van der Waals surface area contributed by atoms with Gasteiger partial charge >= 0.3 is 0 Å². The molecule has 0 saturated carbocycles. The van der Waals surface area contributed by atoms with Crippen LogP contribution in [0.4, 0.5) is 0 Å². The fraction of sp³-hybridized carbons (Fsp3) is 0.467. The molecule has 5 nitrogen and oxygen atoms in total. The lowest BCUT2D eigenvalue weighted by Gasteiger charge is -2.18. The number of hydrogen-bond donors (Lipinski definition) is 2. The summed E-state index contributed by atoms with van der Waals surface area (Å²) in [6.45, 7) is 6.11. The number of aryl methyl sites for hydroxylation is 4. The molecule has 0 aliphatic heterocycles. The summed E-state index contributed by atoms with van der Waals surface area (Å²) in [7, 11) is 1.97. The zero-order chi connectivity index (χ0) is 15.6. The average Bonchev–Trinajstić information content (AvgIpc) is 2.72. The predicted molar refractivity (Wildman–Crippen MR) is 87.8 cm³/mol. The molecule has 21 heavy (non-hydrogen) atoms. The van der Waals surface area contributed by atoms with Crippen LogP contribution in [0, 0.1) is 13.8 Å². The van der Waals surface area contributed by atoms with Crippen LogP contribution in [0.2, 0.25) is 0 Å². The van der Waals surface area contributed by atoms with E-state index in [0.29, 0.717) is 0 Å². The van der Waals surface area contributed by atoms with Gasteiger partial charge in [-0.05, 0) is 47.8 Å². The van der Waals surface area contributed by atoms with Crippen LogP contribution in [0.15, 0.2) is 16.6 Å². The van der Waals surface area contributed by atoms with E-state index in [0.717, 1.165) is 45.7 Å². The first kappa shape index (κ1) is 16.1. The highest BCUT2D eigenvalue weighted by Gasteiger charge is 2.20. The number of nitrogens with one attached hydrogen (secondary N) is 1. The number of pyridine rings is 1. The largest absolute Gasteiger partial charge is 0.271 e. The second kappa shape index (κ2) is 6.68. The summed E-state index contributed by atoms with van der Waals surface area (Å²) in [5, 5.41) is 4.53. The number of hydrogen-bond acceptors (Lipinski definition) is 4. The molecule has 114 valence electrons. The number of halogens is 1. The third-order valence-electron chi connectivity index (χ3n) is 3.74. The summed E-state index contributed by atoms with van der Waals surface area (Å²) in [4.78, 5) is 4.52. The Hall–Kier alpha value is -1.24. The fourth-order valence-corrected chi connectivity index (χ4v) is 3.34. The molecule has 0 spiro atoms. The third kappa shape index (κ3) is 3.33. The first-order chi connectivity index (χ1) is 9.97. The Labute approximate surface area is 134 Å². The molecule has 2 heterocycles. The molecule has 0 bridgehead atoms. The Bertz CT molecular complexity index is 635. The SMILES string of the molecule is CCc1nn(C)c(CC(NN)c2ccc(C)nc2C)c1Br. The normalized spacial score (nSPS) is 12.7. The first-order valence-corrected chi connectivity index (χ1v) is 7.87. The van der Waals surface area contributed by atoms with Crippen molar-refractivity contribution in [3.8, 4) is 0 Å². The maximum absolute atomic E-state index is 5.78. The van der Waals surface area contributed by atoms with Crippen molar-refractivity contribution < 1.29 is 0 Å². The van der Waals surface area contributed by atoms with Crippen molar-refractivity contribution in [3.63, 3.8) is 0 Å². The molecule has 1 unspecified atom stereocenters. The van der Waals surface area contributed by atoms with Crippen molar-refractivity contribution >= 4 is 15.9 Å². The van der Waals surface area contributed by atoms with Gasteiger partial charge in [-0.1, -0.05) is 13.0 Å². The minimum Gasteiger partial charge on any atom is -0.271 e. The van der Waals surface area contributed by atoms with Crippen molar-refractivity contribution in [2.24, 2.45) is 12.9 Å². The van der Waals surface area contributed by atoms with Gasteiger partial charge in [-0.15, -0.1) is 0 Å². The highest BCUT2D eigenvalue weighted by atomic mass is 79.9. The summed E-state index contributed by atoms with van der Waals surface area (Å²) in [6, 6.07) is 4.12. The predicted octanol–water partition coefficient (Wildman–Crippen LogP) is 2.50. The number of nitrogens with two attached hydrogens (primary N) is 1. The van der Waals surface area contributed by atoms with E-state index >= 15 is 0 Å². The standard InChI is InChI=1S/C15H22BrN5/c1-5-12-15(16)14(21(4)20-12)8-13(19-17)11-7-6-9(2)18-10(11)3/h6-7,13,19H,5,8,17H2,1-4H3. The lowest BCUT2D eigenvalue weighted by molar-refractivity contribution is 0.524. The molecule has 2 aromatic rings. The minimum absolute atomic E-state index is 0.00880. The Morgan fingerprint density at radius 1 is 1.38 bits per heavy atom. The van der Waals surface area contributed by atoms with E-state index in [9.17, 15) is 0 Å². The number of hydrazine groups is 1. The molecule has 3 N–H and O–H groups in total. The molecule has 1 atom stereocenters. The van der Waals surface area contributed by atoms with Gasteiger partial charge in [-0.2, -0.15) is 5.10 Å². The van der Waals surface area contributed by atoms with Crippen LogP contribution in [0.25, 0.3) is 0 Å². The number of aromatic nitrogens is 3. The molecule has 0 aliphatic rings. The Morgan fingerprint density at radius 3 is 2.62 bits per heavy atom. The summed E-state index contributed by atoms with van der Waals surface area (Å²) in [5.41, 5.74) is 8.25. The van der Waals surface area contributed by atoms with Gasteiger partial charge in [0.2, 0.25) is 0 Å².